The third-order valence-electron chi connectivity index (χ3n) is 2.93. The SMILES string of the molecule is Nc1cccc2c1CCCCCC2. The summed E-state index contributed by atoms with van der Waals surface area (Å²) in [5.41, 5.74) is 9.87. The van der Waals surface area contributed by atoms with Crippen LogP contribution < -0.4 is 5.73 Å². The zero-order valence-corrected chi connectivity index (χ0v) is 8.05. The monoisotopic (exact) mass is 175 g/mol. The summed E-state index contributed by atoms with van der Waals surface area (Å²) in [7, 11) is 0. The molecule has 2 rings (SSSR count). The standard InChI is InChI=1S/C12H17N/c13-12-9-5-7-10-6-3-1-2-4-8-11(10)12/h5,7,9H,1-4,6,8,13H2. The first-order valence-corrected chi connectivity index (χ1v) is 5.24. The molecule has 1 aromatic rings. The first-order valence-electron chi connectivity index (χ1n) is 5.24. The van der Waals surface area contributed by atoms with E-state index < -0.39 is 0 Å². The summed E-state index contributed by atoms with van der Waals surface area (Å²) >= 11 is 0. The molecule has 1 heteroatoms. The van der Waals surface area contributed by atoms with Gasteiger partial charge in [0.25, 0.3) is 0 Å². The van der Waals surface area contributed by atoms with Gasteiger partial charge in [-0.25, -0.2) is 0 Å². The molecule has 0 aliphatic heterocycles. The average Bonchev–Trinajstić information content (AvgIpc) is 2.07. The number of aryl methyl sites for hydroxylation is 1. The summed E-state index contributed by atoms with van der Waals surface area (Å²) in [5, 5.41) is 0. The topological polar surface area (TPSA) is 26.0 Å². The summed E-state index contributed by atoms with van der Waals surface area (Å²) in [4.78, 5) is 0. The van der Waals surface area contributed by atoms with Gasteiger partial charge in [0.05, 0.1) is 0 Å². The molecule has 0 unspecified atom stereocenters. The highest BCUT2D eigenvalue weighted by Gasteiger charge is 2.08. The lowest BCUT2D eigenvalue weighted by molar-refractivity contribution is 0.618. The van der Waals surface area contributed by atoms with E-state index in [0.29, 0.717) is 0 Å². The smallest absolute Gasteiger partial charge is 0.0349 e. The quantitative estimate of drug-likeness (QED) is 0.603. The Kier molecular flexibility index (Phi) is 2.53. The summed E-state index contributed by atoms with van der Waals surface area (Å²) in [5.74, 6) is 0. The zero-order chi connectivity index (χ0) is 9.10. The Balaban J connectivity index is 2.33. The van der Waals surface area contributed by atoms with E-state index in [9.17, 15) is 0 Å². The molecule has 1 aromatic carbocycles. The van der Waals surface area contributed by atoms with Crippen LogP contribution in [0.2, 0.25) is 0 Å². The van der Waals surface area contributed by atoms with Crippen LogP contribution in [0.1, 0.15) is 36.8 Å². The first-order chi connectivity index (χ1) is 6.38. The van der Waals surface area contributed by atoms with Crippen molar-refractivity contribution in [2.24, 2.45) is 0 Å². The Morgan fingerprint density at radius 3 is 2.54 bits per heavy atom. The van der Waals surface area contributed by atoms with Crippen molar-refractivity contribution in [3.8, 4) is 0 Å². The summed E-state index contributed by atoms with van der Waals surface area (Å²) in [6.45, 7) is 0. The minimum absolute atomic E-state index is 0.999. The normalized spacial score (nSPS) is 17.2. The van der Waals surface area contributed by atoms with E-state index in [1.807, 2.05) is 6.07 Å². The molecule has 1 aliphatic carbocycles. The third-order valence-corrected chi connectivity index (χ3v) is 2.93. The highest BCUT2D eigenvalue weighted by Crippen LogP contribution is 2.24. The summed E-state index contributed by atoms with van der Waals surface area (Å²) in [6, 6.07) is 6.34. The van der Waals surface area contributed by atoms with Gasteiger partial charge in [-0.05, 0) is 42.9 Å². The molecule has 0 atom stereocenters. The highest BCUT2D eigenvalue weighted by molar-refractivity contribution is 5.51. The van der Waals surface area contributed by atoms with Crippen molar-refractivity contribution in [3.63, 3.8) is 0 Å². The van der Waals surface area contributed by atoms with Gasteiger partial charge in [0.1, 0.15) is 0 Å². The van der Waals surface area contributed by atoms with Crippen LogP contribution in [-0.2, 0) is 12.8 Å². The predicted octanol–water partition coefficient (Wildman–Crippen LogP) is 2.93. The highest BCUT2D eigenvalue weighted by atomic mass is 14.6. The fourth-order valence-corrected chi connectivity index (χ4v) is 2.16. The van der Waals surface area contributed by atoms with Gasteiger partial charge in [0.15, 0.2) is 0 Å². The fourth-order valence-electron chi connectivity index (χ4n) is 2.16. The molecule has 0 heterocycles. The molecule has 0 aromatic heterocycles. The second-order valence-electron chi connectivity index (χ2n) is 3.90. The molecule has 1 aliphatic rings. The van der Waals surface area contributed by atoms with Crippen molar-refractivity contribution >= 4 is 5.69 Å². The third kappa shape index (κ3) is 1.85. The maximum atomic E-state index is 5.96. The lowest BCUT2D eigenvalue weighted by Crippen LogP contribution is -2.03. The number of benzene rings is 1. The average molecular weight is 175 g/mol. The van der Waals surface area contributed by atoms with Gasteiger partial charge in [0, 0.05) is 5.69 Å². The van der Waals surface area contributed by atoms with Gasteiger partial charge < -0.3 is 5.73 Å². The van der Waals surface area contributed by atoms with Crippen LogP contribution in [-0.4, -0.2) is 0 Å². The van der Waals surface area contributed by atoms with Gasteiger partial charge in [0.2, 0.25) is 0 Å². The van der Waals surface area contributed by atoms with Crippen LogP contribution in [0.5, 0.6) is 0 Å². The Morgan fingerprint density at radius 2 is 1.69 bits per heavy atom. The van der Waals surface area contributed by atoms with Crippen LogP contribution in [0.3, 0.4) is 0 Å². The van der Waals surface area contributed by atoms with Crippen molar-refractivity contribution < 1.29 is 0 Å². The Morgan fingerprint density at radius 1 is 0.923 bits per heavy atom. The Hall–Kier alpha value is -0.980. The molecule has 2 N–H and O–H groups in total. The van der Waals surface area contributed by atoms with Crippen molar-refractivity contribution in [1.29, 1.82) is 0 Å². The Bertz CT molecular complexity index is 291. The van der Waals surface area contributed by atoms with E-state index >= 15 is 0 Å². The van der Waals surface area contributed by atoms with Crippen molar-refractivity contribution in [2.45, 2.75) is 38.5 Å². The first kappa shape index (κ1) is 8.61. The van der Waals surface area contributed by atoms with Crippen molar-refractivity contribution in [3.05, 3.63) is 29.3 Å². The number of nitrogens with two attached hydrogens (primary N) is 1. The molecular weight excluding hydrogens is 158 g/mol. The Labute approximate surface area is 80.0 Å². The van der Waals surface area contributed by atoms with Crippen LogP contribution in [0.4, 0.5) is 5.69 Å². The molecule has 0 radical (unpaired) electrons. The molecule has 1 nitrogen and oxygen atoms in total. The molecule has 0 spiro atoms. The van der Waals surface area contributed by atoms with E-state index in [0.717, 1.165) is 5.69 Å². The summed E-state index contributed by atoms with van der Waals surface area (Å²) in [6.07, 6.45) is 7.79. The van der Waals surface area contributed by atoms with Gasteiger partial charge in [-0.1, -0.05) is 25.0 Å². The van der Waals surface area contributed by atoms with Crippen LogP contribution in [0.15, 0.2) is 18.2 Å². The predicted molar refractivity (Wildman–Crippen MR) is 56.7 cm³/mol. The number of rotatable bonds is 0. The lowest BCUT2D eigenvalue weighted by Gasteiger charge is -2.15. The van der Waals surface area contributed by atoms with Gasteiger partial charge in [-0.15, -0.1) is 0 Å². The molecule has 0 amide bonds. The molecule has 70 valence electrons. The van der Waals surface area contributed by atoms with Crippen molar-refractivity contribution in [2.75, 3.05) is 5.73 Å². The minimum Gasteiger partial charge on any atom is -0.398 e. The zero-order valence-electron chi connectivity index (χ0n) is 8.05. The van der Waals surface area contributed by atoms with E-state index in [1.54, 1.807) is 0 Å². The molecule has 0 saturated heterocycles. The number of nitrogen functional groups attached to an aromatic ring is 1. The lowest BCUT2D eigenvalue weighted by atomic mass is 9.92. The van der Waals surface area contributed by atoms with E-state index in [-0.39, 0.29) is 0 Å². The van der Waals surface area contributed by atoms with Gasteiger partial charge in [-0.2, -0.15) is 0 Å². The van der Waals surface area contributed by atoms with E-state index in [1.165, 1.54) is 49.7 Å². The van der Waals surface area contributed by atoms with Crippen LogP contribution in [0, 0.1) is 0 Å². The number of hydrogen-bond donors (Lipinski definition) is 1. The van der Waals surface area contributed by atoms with Crippen LogP contribution >= 0.6 is 0 Å². The maximum Gasteiger partial charge on any atom is 0.0349 e. The number of anilines is 1. The largest absolute Gasteiger partial charge is 0.398 e. The molecular formula is C12H17N. The maximum absolute atomic E-state index is 5.96. The molecule has 0 fully saturated rings. The van der Waals surface area contributed by atoms with Crippen LogP contribution in [0.25, 0.3) is 0 Å². The van der Waals surface area contributed by atoms with E-state index in [4.69, 9.17) is 5.73 Å². The number of fused-ring (bicyclic) bond motifs is 1. The number of hydrogen-bond acceptors (Lipinski definition) is 1. The van der Waals surface area contributed by atoms with Gasteiger partial charge >= 0.3 is 0 Å². The van der Waals surface area contributed by atoms with Crippen molar-refractivity contribution in [1.82, 2.24) is 0 Å². The van der Waals surface area contributed by atoms with Gasteiger partial charge in [-0.3, -0.25) is 0 Å². The summed E-state index contributed by atoms with van der Waals surface area (Å²) < 4.78 is 0. The molecule has 13 heavy (non-hydrogen) atoms. The van der Waals surface area contributed by atoms with E-state index in [2.05, 4.69) is 12.1 Å². The second-order valence-corrected chi connectivity index (χ2v) is 3.90. The fraction of sp³-hybridized carbons (Fsp3) is 0.500. The molecule has 0 bridgehead atoms. The minimum atomic E-state index is 0.999. The molecule has 0 saturated carbocycles. The second kappa shape index (κ2) is 3.82.